The lowest BCUT2D eigenvalue weighted by atomic mass is 10.1. The van der Waals surface area contributed by atoms with Crippen LogP contribution >= 0.6 is 8.25 Å². The van der Waals surface area contributed by atoms with Gasteiger partial charge in [0.1, 0.15) is 6.61 Å². The van der Waals surface area contributed by atoms with Crippen LogP contribution in [0.1, 0.15) is 26.7 Å². The van der Waals surface area contributed by atoms with Gasteiger partial charge in [0.15, 0.2) is 0 Å². The maximum absolute atomic E-state index is 10.1. The van der Waals surface area contributed by atoms with Crippen molar-refractivity contribution in [2.45, 2.75) is 26.7 Å². The molecule has 1 atom stereocenters. The molecule has 1 unspecified atom stereocenters. The average Bonchev–Trinajstić information content (AvgIpc) is 1.90. The van der Waals surface area contributed by atoms with Crippen LogP contribution in [0.15, 0.2) is 0 Å². The first-order chi connectivity index (χ1) is 4.70. The molecule has 10 heavy (non-hydrogen) atoms. The van der Waals surface area contributed by atoms with E-state index in [2.05, 4.69) is 4.52 Å². The van der Waals surface area contributed by atoms with Crippen LogP contribution in [0.3, 0.4) is 0 Å². The summed E-state index contributed by atoms with van der Waals surface area (Å²) in [4.78, 5) is 8.28. The van der Waals surface area contributed by atoms with Gasteiger partial charge in [0.2, 0.25) is 0 Å². The van der Waals surface area contributed by atoms with E-state index in [1.54, 1.807) is 0 Å². The Hall–Kier alpha value is 0.0200. The Morgan fingerprint density at radius 2 is 2.00 bits per heavy atom. The molecular weight excluding hydrogens is 151 g/mol. The van der Waals surface area contributed by atoms with Crippen LogP contribution in [-0.4, -0.2) is 11.5 Å². The molecule has 0 aromatic rings. The van der Waals surface area contributed by atoms with Gasteiger partial charge < -0.3 is 0 Å². The van der Waals surface area contributed by atoms with Crippen molar-refractivity contribution in [1.29, 1.82) is 0 Å². The fraction of sp³-hybridized carbons (Fsp3) is 1.00. The molecule has 1 N–H and O–H groups in total. The minimum absolute atomic E-state index is 0.401. The van der Waals surface area contributed by atoms with Gasteiger partial charge in [0.05, 0.1) is 0 Å². The van der Waals surface area contributed by atoms with Crippen molar-refractivity contribution in [2.75, 3.05) is 6.61 Å². The van der Waals surface area contributed by atoms with Gasteiger partial charge in [-0.1, -0.05) is 26.7 Å². The maximum atomic E-state index is 10.1. The van der Waals surface area contributed by atoms with E-state index in [4.69, 9.17) is 4.89 Å². The van der Waals surface area contributed by atoms with E-state index in [0.717, 1.165) is 12.8 Å². The molecule has 0 aromatic heterocycles. The lowest BCUT2D eigenvalue weighted by Gasteiger charge is -2.04. The molecule has 3 nitrogen and oxygen atoms in total. The molecule has 0 fully saturated rings. The summed E-state index contributed by atoms with van der Waals surface area (Å²) in [5, 5.41) is 0. The molecular formula is C6H14O3P+. The highest BCUT2D eigenvalue weighted by molar-refractivity contribution is 7.32. The van der Waals surface area contributed by atoms with Crippen LogP contribution in [0.25, 0.3) is 0 Å². The predicted molar refractivity (Wildman–Crippen MR) is 39.8 cm³/mol. The topological polar surface area (TPSA) is 46.5 Å². The van der Waals surface area contributed by atoms with E-state index in [1.165, 1.54) is 0 Å². The Morgan fingerprint density at radius 3 is 2.30 bits per heavy atom. The van der Waals surface area contributed by atoms with Gasteiger partial charge in [-0.25, -0.2) is 0 Å². The third-order valence-corrected chi connectivity index (χ3v) is 1.95. The molecule has 0 spiro atoms. The van der Waals surface area contributed by atoms with Crippen molar-refractivity contribution in [3.05, 3.63) is 0 Å². The second-order valence-corrected chi connectivity index (χ2v) is 2.95. The molecule has 0 bridgehead atoms. The van der Waals surface area contributed by atoms with Crippen molar-refractivity contribution < 1.29 is 14.0 Å². The standard InChI is InChI=1S/C6H13O3P/c1-3-6(4-2)5-9-10(7)8/h6H,3-5H2,1-2H3/p+1. The summed E-state index contributed by atoms with van der Waals surface area (Å²) < 4.78 is 14.6. The maximum Gasteiger partial charge on any atom is 0.694 e. The number of hydrogen-bond donors (Lipinski definition) is 1. The van der Waals surface area contributed by atoms with Gasteiger partial charge in [-0.2, -0.15) is 0 Å². The molecule has 0 aromatic carbocycles. The van der Waals surface area contributed by atoms with E-state index in [1.807, 2.05) is 13.8 Å². The third kappa shape index (κ3) is 4.86. The van der Waals surface area contributed by atoms with Crippen LogP contribution in [0.2, 0.25) is 0 Å². The highest BCUT2D eigenvalue weighted by atomic mass is 31.1. The summed E-state index contributed by atoms with van der Waals surface area (Å²) in [6.07, 6.45) is 2.00. The van der Waals surface area contributed by atoms with Crippen molar-refractivity contribution in [3.63, 3.8) is 0 Å². The molecule has 0 rings (SSSR count). The summed E-state index contributed by atoms with van der Waals surface area (Å²) in [5.74, 6) is 0.422. The molecule has 0 saturated carbocycles. The Bertz CT molecular complexity index is 101. The lowest BCUT2D eigenvalue weighted by molar-refractivity contribution is 0.224. The van der Waals surface area contributed by atoms with Gasteiger partial charge in [0, 0.05) is 4.57 Å². The fourth-order valence-electron chi connectivity index (χ4n) is 0.694. The monoisotopic (exact) mass is 165 g/mol. The smallest absolute Gasteiger partial charge is 0.133 e. The van der Waals surface area contributed by atoms with E-state index in [-0.39, 0.29) is 0 Å². The molecule has 0 heterocycles. The first-order valence-corrected chi connectivity index (χ1v) is 4.62. The Morgan fingerprint density at radius 1 is 1.50 bits per heavy atom. The Kier molecular flexibility index (Phi) is 5.79. The lowest BCUT2D eigenvalue weighted by Crippen LogP contribution is -2.03. The molecule has 0 radical (unpaired) electrons. The normalized spacial score (nSPS) is 12.2. The Labute approximate surface area is 62.3 Å². The first-order valence-electron chi connectivity index (χ1n) is 3.49. The van der Waals surface area contributed by atoms with Crippen LogP contribution < -0.4 is 0 Å². The average molecular weight is 165 g/mol. The zero-order valence-corrected chi connectivity index (χ0v) is 7.30. The van der Waals surface area contributed by atoms with E-state index in [9.17, 15) is 4.57 Å². The van der Waals surface area contributed by atoms with E-state index in [0.29, 0.717) is 12.5 Å². The zero-order valence-electron chi connectivity index (χ0n) is 6.41. The summed E-state index contributed by atoms with van der Waals surface area (Å²) in [6.45, 7) is 4.49. The van der Waals surface area contributed by atoms with Gasteiger partial charge in [-0.15, -0.1) is 9.42 Å². The van der Waals surface area contributed by atoms with Crippen LogP contribution in [0.4, 0.5) is 0 Å². The predicted octanol–water partition coefficient (Wildman–Crippen LogP) is 2.09. The van der Waals surface area contributed by atoms with Crippen molar-refractivity contribution >= 4 is 8.25 Å². The van der Waals surface area contributed by atoms with Gasteiger partial charge in [-0.05, 0) is 5.92 Å². The minimum Gasteiger partial charge on any atom is -0.133 e. The summed E-state index contributed by atoms with van der Waals surface area (Å²) in [5.41, 5.74) is 0. The van der Waals surface area contributed by atoms with Crippen LogP contribution in [0.5, 0.6) is 0 Å². The summed E-state index contributed by atoms with van der Waals surface area (Å²) in [6, 6.07) is 0. The summed E-state index contributed by atoms with van der Waals surface area (Å²) in [7, 11) is -2.39. The van der Waals surface area contributed by atoms with Crippen molar-refractivity contribution in [2.24, 2.45) is 5.92 Å². The number of rotatable bonds is 5. The fourth-order valence-corrected chi connectivity index (χ4v) is 1.03. The van der Waals surface area contributed by atoms with E-state index >= 15 is 0 Å². The van der Waals surface area contributed by atoms with Gasteiger partial charge in [0.25, 0.3) is 0 Å². The molecule has 0 aliphatic rings. The van der Waals surface area contributed by atoms with E-state index < -0.39 is 8.25 Å². The third-order valence-electron chi connectivity index (χ3n) is 1.58. The molecule has 4 heteroatoms. The second-order valence-electron chi connectivity index (χ2n) is 2.22. The van der Waals surface area contributed by atoms with Gasteiger partial charge >= 0.3 is 8.25 Å². The summed E-state index contributed by atoms with van der Waals surface area (Å²) >= 11 is 0. The molecule has 60 valence electrons. The second kappa shape index (κ2) is 5.78. The molecule has 0 amide bonds. The zero-order chi connectivity index (χ0) is 7.98. The highest BCUT2D eigenvalue weighted by Crippen LogP contribution is 2.18. The number of hydrogen-bond acceptors (Lipinski definition) is 2. The molecule has 0 aliphatic heterocycles. The first kappa shape index (κ1) is 10.0. The Balaban J connectivity index is 3.34. The largest absolute Gasteiger partial charge is 0.694 e. The minimum atomic E-state index is -2.39. The van der Waals surface area contributed by atoms with Crippen molar-refractivity contribution in [3.8, 4) is 0 Å². The molecule has 0 saturated heterocycles. The molecule has 0 aliphatic carbocycles. The van der Waals surface area contributed by atoms with Gasteiger partial charge in [-0.3, -0.25) is 0 Å². The quantitative estimate of drug-likeness (QED) is 0.634. The van der Waals surface area contributed by atoms with Crippen molar-refractivity contribution in [1.82, 2.24) is 0 Å². The SMILES string of the molecule is CCC(CC)CO[P+](=O)O. The van der Waals surface area contributed by atoms with Crippen LogP contribution in [0, 0.1) is 5.92 Å². The highest BCUT2D eigenvalue weighted by Gasteiger charge is 2.15. The van der Waals surface area contributed by atoms with Crippen LogP contribution in [-0.2, 0) is 9.09 Å².